The monoisotopic (exact) mass is 280 g/mol. The van der Waals surface area contributed by atoms with Crippen LogP contribution in [0.1, 0.15) is 15.2 Å². The Bertz CT molecular complexity index is 655. The van der Waals surface area contributed by atoms with Gasteiger partial charge in [-0.25, -0.2) is 14.8 Å². The molecular weight excluding hydrogens is 272 g/mol. The van der Waals surface area contributed by atoms with E-state index in [1.54, 1.807) is 6.20 Å². The van der Waals surface area contributed by atoms with Crippen molar-refractivity contribution in [2.75, 3.05) is 5.32 Å². The summed E-state index contributed by atoms with van der Waals surface area (Å²) in [4.78, 5) is 29.7. The number of thiazole rings is 1. The predicted molar refractivity (Wildman–Crippen MR) is 68.0 cm³/mol. The van der Waals surface area contributed by atoms with E-state index < -0.39 is 22.1 Å². The number of anilines is 2. The maximum atomic E-state index is 11.0. The largest absolute Gasteiger partial charge is 0.477 e. The molecule has 98 valence electrons. The molecule has 2 aromatic rings. The second-order valence-electron chi connectivity index (χ2n) is 3.55. The number of nitrogens with one attached hydrogen (secondary N) is 1. The minimum Gasteiger partial charge on any atom is -0.477 e. The van der Waals surface area contributed by atoms with E-state index in [9.17, 15) is 14.9 Å². The Morgan fingerprint density at radius 3 is 2.74 bits per heavy atom. The highest BCUT2D eigenvalue weighted by Crippen LogP contribution is 2.24. The van der Waals surface area contributed by atoms with Crippen LogP contribution in [0.2, 0.25) is 0 Å². The van der Waals surface area contributed by atoms with Crippen LogP contribution in [0.4, 0.5) is 16.6 Å². The van der Waals surface area contributed by atoms with Gasteiger partial charge in [-0.2, -0.15) is 0 Å². The molecule has 0 aliphatic heterocycles. The number of aromatic carboxylic acids is 1. The molecule has 2 N–H and O–H groups in total. The van der Waals surface area contributed by atoms with Crippen molar-refractivity contribution >= 4 is 33.9 Å². The lowest BCUT2D eigenvalue weighted by Gasteiger charge is -2.03. The van der Waals surface area contributed by atoms with Gasteiger partial charge in [-0.1, -0.05) is 0 Å². The Hall–Kier alpha value is -2.55. The summed E-state index contributed by atoms with van der Waals surface area (Å²) in [6.45, 7) is 1.87. The van der Waals surface area contributed by atoms with Gasteiger partial charge in [-0.3, -0.25) is 10.1 Å². The fourth-order valence-electron chi connectivity index (χ4n) is 1.36. The van der Waals surface area contributed by atoms with Crippen LogP contribution < -0.4 is 5.32 Å². The summed E-state index contributed by atoms with van der Waals surface area (Å²) >= 11 is 1.36. The molecule has 0 fully saturated rings. The van der Waals surface area contributed by atoms with Crippen molar-refractivity contribution < 1.29 is 14.8 Å². The highest BCUT2D eigenvalue weighted by Gasteiger charge is 2.21. The Kier molecular flexibility index (Phi) is 3.38. The van der Waals surface area contributed by atoms with Gasteiger partial charge < -0.3 is 10.4 Å². The molecule has 19 heavy (non-hydrogen) atoms. The van der Waals surface area contributed by atoms with Gasteiger partial charge in [0.15, 0.2) is 5.13 Å². The number of hydrogen-bond donors (Lipinski definition) is 2. The van der Waals surface area contributed by atoms with E-state index in [-0.39, 0.29) is 5.82 Å². The highest BCUT2D eigenvalue weighted by molar-refractivity contribution is 7.15. The molecule has 0 saturated heterocycles. The van der Waals surface area contributed by atoms with Crippen LogP contribution in [0.5, 0.6) is 0 Å². The van der Waals surface area contributed by atoms with Crippen molar-refractivity contribution in [2.45, 2.75) is 6.92 Å². The lowest BCUT2D eigenvalue weighted by atomic mass is 10.2. The SMILES string of the molecule is Cc1cnc(Nc2cc(C(=O)O)c([N+](=O)[O-])cn2)s1. The molecule has 8 nitrogen and oxygen atoms in total. The third-order valence-corrected chi connectivity index (χ3v) is 2.99. The molecule has 2 heterocycles. The molecule has 0 unspecified atom stereocenters. The summed E-state index contributed by atoms with van der Waals surface area (Å²) in [6, 6.07) is 1.11. The van der Waals surface area contributed by atoms with Crippen LogP contribution in [-0.4, -0.2) is 26.0 Å². The maximum absolute atomic E-state index is 11.0. The van der Waals surface area contributed by atoms with Crippen LogP contribution in [-0.2, 0) is 0 Å². The predicted octanol–water partition coefficient (Wildman–Crippen LogP) is 2.20. The third-order valence-electron chi connectivity index (χ3n) is 2.17. The zero-order chi connectivity index (χ0) is 14.0. The van der Waals surface area contributed by atoms with Crippen molar-refractivity contribution in [1.82, 2.24) is 9.97 Å². The minimum absolute atomic E-state index is 0.192. The Morgan fingerprint density at radius 1 is 1.47 bits per heavy atom. The van der Waals surface area contributed by atoms with E-state index >= 15 is 0 Å². The van der Waals surface area contributed by atoms with Gasteiger partial charge in [-0.05, 0) is 6.92 Å². The van der Waals surface area contributed by atoms with Gasteiger partial charge >= 0.3 is 11.7 Å². The van der Waals surface area contributed by atoms with Gasteiger partial charge in [0.05, 0.1) is 4.92 Å². The molecule has 2 rings (SSSR count). The quantitative estimate of drug-likeness (QED) is 0.650. The summed E-state index contributed by atoms with van der Waals surface area (Å²) in [7, 11) is 0. The average molecular weight is 280 g/mol. The Balaban J connectivity index is 2.35. The highest BCUT2D eigenvalue weighted by atomic mass is 32.1. The number of carboxylic acid groups (broad SMARTS) is 1. The molecule has 0 aliphatic rings. The molecule has 0 atom stereocenters. The molecule has 0 amide bonds. The van der Waals surface area contributed by atoms with Crippen molar-refractivity contribution in [3.63, 3.8) is 0 Å². The van der Waals surface area contributed by atoms with E-state index in [2.05, 4.69) is 15.3 Å². The average Bonchev–Trinajstić information content (AvgIpc) is 2.74. The number of carboxylic acids is 1. The minimum atomic E-state index is -1.38. The number of nitro groups is 1. The Labute approximate surface area is 110 Å². The standard InChI is InChI=1S/C10H8N4O4S/c1-5-3-12-10(19-5)13-8-2-6(9(15)16)7(4-11-8)14(17)18/h2-4H,1H3,(H,15,16)(H,11,12,13). The number of aromatic nitrogens is 2. The number of carbonyl (C=O) groups is 1. The van der Waals surface area contributed by atoms with Gasteiger partial charge in [0, 0.05) is 17.1 Å². The fourth-order valence-corrected chi connectivity index (χ4v) is 2.03. The lowest BCUT2D eigenvalue weighted by Crippen LogP contribution is -2.05. The smallest absolute Gasteiger partial charge is 0.342 e. The summed E-state index contributed by atoms with van der Waals surface area (Å²) < 4.78 is 0. The molecule has 2 aromatic heterocycles. The second-order valence-corrected chi connectivity index (χ2v) is 4.78. The maximum Gasteiger partial charge on any atom is 0.342 e. The molecule has 9 heteroatoms. The van der Waals surface area contributed by atoms with Gasteiger partial charge in [0.2, 0.25) is 0 Å². The third kappa shape index (κ3) is 2.83. The summed E-state index contributed by atoms with van der Waals surface area (Å²) in [5.74, 6) is -1.19. The summed E-state index contributed by atoms with van der Waals surface area (Å²) in [5, 5.41) is 22.9. The number of rotatable bonds is 4. The number of pyridine rings is 1. The molecule has 0 saturated carbocycles. The molecule has 0 bridgehead atoms. The first kappa shape index (κ1) is 12.9. The van der Waals surface area contributed by atoms with E-state index in [1.807, 2.05) is 6.92 Å². The first-order valence-corrected chi connectivity index (χ1v) is 5.86. The summed E-state index contributed by atoms with van der Waals surface area (Å²) in [6.07, 6.45) is 2.56. The van der Waals surface area contributed by atoms with E-state index in [0.717, 1.165) is 17.1 Å². The van der Waals surface area contributed by atoms with Crippen molar-refractivity contribution in [2.24, 2.45) is 0 Å². The topological polar surface area (TPSA) is 118 Å². The zero-order valence-electron chi connectivity index (χ0n) is 9.65. The normalized spacial score (nSPS) is 10.2. The van der Waals surface area contributed by atoms with E-state index in [1.165, 1.54) is 11.3 Å². The second kappa shape index (κ2) is 4.98. The molecule has 0 aromatic carbocycles. The van der Waals surface area contributed by atoms with Crippen LogP contribution in [0, 0.1) is 17.0 Å². The van der Waals surface area contributed by atoms with Crippen molar-refractivity contribution in [1.29, 1.82) is 0 Å². The van der Waals surface area contributed by atoms with Gasteiger partial charge in [0.1, 0.15) is 17.6 Å². The molecule has 0 spiro atoms. The van der Waals surface area contributed by atoms with Crippen molar-refractivity contribution in [3.05, 3.63) is 39.0 Å². The van der Waals surface area contributed by atoms with Crippen LogP contribution in [0.15, 0.2) is 18.5 Å². The molecular formula is C10H8N4O4S. The molecule has 0 radical (unpaired) electrons. The molecule has 0 aliphatic carbocycles. The first-order chi connectivity index (χ1) is 8.97. The van der Waals surface area contributed by atoms with Crippen LogP contribution >= 0.6 is 11.3 Å². The number of hydrogen-bond acceptors (Lipinski definition) is 7. The number of nitrogens with zero attached hydrogens (tertiary/aromatic N) is 3. The van der Waals surface area contributed by atoms with Crippen molar-refractivity contribution in [3.8, 4) is 0 Å². The van der Waals surface area contributed by atoms with E-state index in [4.69, 9.17) is 5.11 Å². The lowest BCUT2D eigenvalue weighted by molar-refractivity contribution is -0.385. The van der Waals surface area contributed by atoms with E-state index in [0.29, 0.717) is 5.13 Å². The van der Waals surface area contributed by atoms with Gasteiger partial charge in [0.25, 0.3) is 0 Å². The van der Waals surface area contributed by atoms with Gasteiger partial charge in [-0.15, -0.1) is 11.3 Å². The fraction of sp³-hybridized carbons (Fsp3) is 0.100. The first-order valence-electron chi connectivity index (χ1n) is 5.04. The Morgan fingerprint density at radius 2 is 2.21 bits per heavy atom. The van der Waals surface area contributed by atoms with Crippen LogP contribution in [0.25, 0.3) is 0 Å². The number of aryl methyl sites for hydroxylation is 1. The zero-order valence-corrected chi connectivity index (χ0v) is 10.5. The summed E-state index contributed by atoms with van der Waals surface area (Å²) in [5.41, 5.74) is -0.968. The van der Waals surface area contributed by atoms with Crippen LogP contribution in [0.3, 0.4) is 0 Å².